The molecule has 1 N–H and O–H groups in total. The fourth-order valence-corrected chi connectivity index (χ4v) is 3.06. The van der Waals surface area contributed by atoms with E-state index in [0.717, 1.165) is 31.6 Å². The number of para-hydroxylation sites is 1. The largest absolute Gasteiger partial charge is 0.493 e. The lowest BCUT2D eigenvalue weighted by Crippen LogP contribution is -2.39. The van der Waals surface area contributed by atoms with Crippen molar-refractivity contribution in [3.8, 4) is 11.5 Å². The molecule has 0 atom stereocenters. The maximum Gasteiger partial charge on any atom is 0.331 e. The van der Waals surface area contributed by atoms with Crippen LogP contribution in [0.5, 0.6) is 11.5 Å². The zero-order valence-electron chi connectivity index (χ0n) is 15.6. The number of amides is 1. The smallest absolute Gasteiger partial charge is 0.331 e. The van der Waals surface area contributed by atoms with Gasteiger partial charge in [-0.15, -0.1) is 0 Å². The van der Waals surface area contributed by atoms with E-state index in [2.05, 4.69) is 12.2 Å². The van der Waals surface area contributed by atoms with Crippen LogP contribution in [-0.4, -0.2) is 38.7 Å². The second-order valence-corrected chi connectivity index (χ2v) is 6.55. The summed E-state index contributed by atoms with van der Waals surface area (Å²) in [4.78, 5) is 23.8. The number of ether oxygens (including phenoxy) is 3. The van der Waals surface area contributed by atoms with E-state index in [4.69, 9.17) is 14.2 Å². The highest BCUT2D eigenvalue weighted by molar-refractivity contribution is 5.89. The van der Waals surface area contributed by atoms with Crippen molar-refractivity contribution in [1.82, 2.24) is 5.32 Å². The molecule has 0 unspecified atom stereocenters. The molecule has 6 heteroatoms. The maximum atomic E-state index is 11.9. The van der Waals surface area contributed by atoms with E-state index in [1.54, 1.807) is 31.4 Å². The minimum absolute atomic E-state index is 0.189. The van der Waals surface area contributed by atoms with Gasteiger partial charge in [0.05, 0.1) is 14.2 Å². The van der Waals surface area contributed by atoms with E-state index in [9.17, 15) is 9.59 Å². The van der Waals surface area contributed by atoms with Crippen molar-refractivity contribution < 1.29 is 23.8 Å². The van der Waals surface area contributed by atoms with Crippen LogP contribution in [0.4, 0.5) is 0 Å². The van der Waals surface area contributed by atoms with Gasteiger partial charge in [-0.3, -0.25) is 4.79 Å². The monoisotopic (exact) mass is 361 g/mol. The summed E-state index contributed by atoms with van der Waals surface area (Å²) in [6, 6.07) is 5.55. The van der Waals surface area contributed by atoms with Gasteiger partial charge in [-0.1, -0.05) is 19.1 Å². The van der Waals surface area contributed by atoms with Gasteiger partial charge >= 0.3 is 5.97 Å². The summed E-state index contributed by atoms with van der Waals surface area (Å²) < 4.78 is 15.5. The normalized spacial score (nSPS) is 19.8. The van der Waals surface area contributed by atoms with E-state index >= 15 is 0 Å². The molecule has 0 aromatic heterocycles. The lowest BCUT2D eigenvalue weighted by molar-refractivity contribution is -0.144. The number of esters is 1. The van der Waals surface area contributed by atoms with Gasteiger partial charge < -0.3 is 19.5 Å². The molecule has 0 heterocycles. The van der Waals surface area contributed by atoms with E-state index in [-0.39, 0.29) is 18.6 Å². The molecule has 1 amide bonds. The van der Waals surface area contributed by atoms with Crippen molar-refractivity contribution >= 4 is 18.0 Å². The molecule has 6 nitrogen and oxygen atoms in total. The Balaban J connectivity index is 1.81. The first-order chi connectivity index (χ1) is 12.5. The topological polar surface area (TPSA) is 73.9 Å². The van der Waals surface area contributed by atoms with Gasteiger partial charge in [-0.25, -0.2) is 4.79 Å². The Morgan fingerprint density at radius 1 is 1.15 bits per heavy atom. The van der Waals surface area contributed by atoms with Crippen LogP contribution in [0.25, 0.3) is 6.08 Å². The van der Waals surface area contributed by atoms with Gasteiger partial charge in [0.2, 0.25) is 0 Å². The summed E-state index contributed by atoms with van der Waals surface area (Å²) in [6.45, 7) is 1.95. The predicted octanol–water partition coefficient (Wildman–Crippen LogP) is 2.96. The summed E-state index contributed by atoms with van der Waals surface area (Å²) in [7, 11) is 3.08. The molecule has 1 aliphatic rings. The summed E-state index contributed by atoms with van der Waals surface area (Å²) in [5, 5.41) is 2.93. The summed E-state index contributed by atoms with van der Waals surface area (Å²) in [5.74, 6) is 0.986. The molecule has 2 rings (SSSR count). The van der Waals surface area contributed by atoms with Crippen LogP contribution in [0.15, 0.2) is 24.3 Å². The molecule has 1 aliphatic carbocycles. The molecular formula is C20H27NO5. The quantitative estimate of drug-likeness (QED) is 0.597. The number of methoxy groups -OCH3 is 2. The van der Waals surface area contributed by atoms with Crippen LogP contribution in [-0.2, 0) is 14.3 Å². The Hall–Kier alpha value is -2.50. The van der Waals surface area contributed by atoms with Crippen LogP contribution >= 0.6 is 0 Å². The summed E-state index contributed by atoms with van der Waals surface area (Å²) in [6.07, 6.45) is 7.05. The average molecular weight is 361 g/mol. The number of rotatable bonds is 7. The standard InChI is InChI=1S/C20H27NO5/c1-14-7-10-16(11-8-14)21-18(22)13-26-19(23)12-9-15-5-4-6-17(24-2)20(15)25-3/h4-6,9,12,14,16H,7-8,10-11,13H2,1-3H3,(H,21,22)/b12-9+. The van der Waals surface area contributed by atoms with Crippen LogP contribution in [0.2, 0.25) is 0 Å². The van der Waals surface area contributed by atoms with E-state index in [0.29, 0.717) is 17.1 Å². The molecule has 0 saturated heterocycles. The molecule has 142 valence electrons. The molecule has 26 heavy (non-hydrogen) atoms. The van der Waals surface area contributed by atoms with Crippen LogP contribution in [0, 0.1) is 5.92 Å². The molecule has 1 aromatic rings. The molecule has 0 bridgehead atoms. The highest BCUT2D eigenvalue weighted by atomic mass is 16.5. The van der Waals surface area contributed by atoms with Crippen molar-refractivity contribution in [2.75, 3.05) is 20.8 Å². The van der Waals surface area contributed by atoms with Gasteiger partial charge in [-0.2, -0.15) is 0 Å². The average Bonchev–Trinajstić information content (AvgIpc) is 2.66. The van der Waals surface area contributed by atoms with Gasteiger partial charge in [0.15, 0.2) is 18.1 Å². The van der Waals surface area contributed by atoms with Gasteiger partial charge in [0.1, 0.15) is 0 Å². The van der Waals surface area contributed by atoms with Crippen molar-refractivity contribution in [2.45, 2.75) is 38.6 Å². The highest BCUT2D eigenvalue weighted by Crippen LogP contribution is 2.31. The van der Waals surface area contributed by atoms with Crippen LogP contribution in [0.1, 0.15) is 38.2 Å². The second kappa shape index (κ2) is 9.85. The number of nitrogens with one attached hydrogen (secondary N) is 1. The third-order valence-corrected chi connectivity index (χ3v) is 4.56. The molecule has 1 aromatic carbocycles. The fraction of sp³-hybridized carbons (Fsp3) is 0.500. The zero-order chi connectivity index (χ0) is 18.9. The molecule has 0 radical (unpaired) electrons. The highest BCUT2D eigenvalue weighted by Gasteiger charge is 2.20. The molecule has 1 saturated carbocycles. The van der Waals surface area contributed by atoms with Gasteiger partial charge in [0, 0.05) is 17.7 Å². The third-order valence-electron chi connectivity index (χ3n) is 4.56. The number of benzene rings is 1. The third kappa shape index (κ3) is 5.79. The van der Waals surface area contributed by atoms with Crippen LogP contribution in [0.3, 0.4) is 0 Å². The Kier molecular flexibility index (Phi) is 7.51. The van der Waals surface area contributed by atoms with Crippen molar-refractivity contribution in [3.63, 3.8) is 0 Å². The van der Waals surface area contributed by atoms with Crippen molar-refractivity contribution in [3.05, 3.63) is 29.8 Å². The molecule has 1 fully saturated rings. The van der Waals surface area contributed by atoms with E-state index in [1.807, 2.05) is 0 Å². The Morgan fingerprint density at radius 2 is 1.88 bits per heavy atom. The number of hydrogen-bond donors (Lipinski definition) is 1. The predicted molar refractivity (Wildman–Crippen MR) is 99.1 cm³/mol. The second-order valence-electron chi connectivity index (χ2n) is 6.55. The van der Waals surface area contributed by atoms with Gasteiger partial charge in [0.25, 0.3) is 5.91 Å². The Labute approximate surface area is 154 Å². The maximum absolute atomic E-state index is 11.9. The molecular weight excluding hydrogens is 334 g/mol. The minimum atomic E-state index is -0.581. The SMILES string of the molecule is COc1cccc(/C=C/C(=O)OCC(=O)NC2CCC(C)CC2)c1OC. The van der Waals surface area contributed by atoms with Crippen molar-refractivity contribution in [2.24, 2.45) is 5.92 Å². The van der Waals surface area contributed by atoms with Crippen molar-refractivity contribution in [1.29, 1.82) is 0 Å². The molecule has 0 spiro atoms. The first-order valence-electron chi connectivity index (χ1n) is 8.88. The van der Waals surface area contributed by atoms with E-state index < -0.39 is 5.97 Å². The van der Waals surface area contributed by atoms with Gasteiger partial charge in [-0.05, 0) is 43.7 Å². The Morgan fingerprint density at radius 3 is 2.54 bits per heavy atom. The fourth-order valence-electron chi connectivity index (χ4n) is 3.06. The number of carbonyl (C=O) groups excluding carboxylic acids is 2. The number of hydrogen-bond acceptors (Lipinski definition) is 5. The Bertz CT molecular complexity index is 648. The van der Waals surface area contributed by atoms with Crippen LogP contribution < -0.4 is 14.8 Å². The summed E-state index contributed by atoms with van der Waals surface area (Å²) >= 11 is 0. The number of carbonyl (C=O) groups is 2. The summed E-state index contributed by atoms with van der Waals surface area (Å²) in [5.41, 5.74) is 0.685. The van der Waals surface area contributed by atoms with E-state index in [1.165, 1.54) is 13.2 Å². The first kappa shape index (κ1) is 19.8. The lowest BCUT2D eigenvalue weighted by Gasteiger charge is -2.26. The minimum Gasteiger partial charge on any atom is -0.493 e. The zero-order valence-corrected chi connectivity index (χ0v) is 15.6. The molecule has 0 aliphatic heterocycles. The lowest BCUT2D eigenvalue weighted by atomic mass is 9.87. The first-order valence-corrected chi connectivity index (χ1v) is 8.88.